The molecule has 0 unspecified atom stereocenters. The summed E-state index contributed by atoms with van der Waals surface area (Å²) in [6.45, 7) is 4.24. The number of unbranched alkanes of at least 4 members (excludes halogenated alkanes) is 2. The highest BCUT2D eigenvalue weighted by atomic mass is 32.2. The second-order valence-electron chi connectivity index (χ2n) is 5.78. The first-order valence-corrected chi connectivity index (χ1v) is 9.43. The Kier molecular flexibility index (Phi) is 5.59. The highest BCUT2D eigenvalue weighted by Crippen LogP contribution is 2.28. The maximum atomic E-state index is 11.6. The van der Waals surface area contributed by atoms with Crippen LogP contribution < -0.4 is 0 Å². The average molecular weight is 320 g/mol. The Morgan fingerprint density at radius 1 is 0.955 bits per heavy atom. The van der Waals surface area contributed by atoms with Gasteiger partial charge in [-0.2, -0.15) is 8.42 Å². The molecule has 120 valence electrons. The minimum atomic E-state index is -4.18. The quantitative estimate of drug-likeness (QED) is 0.747. The lowest BCUT2D eigenvalue weighted by Gasteiger charge is -2.12. The van der Waals surface area contributed by atoms with Crippen molar-refractivity contribution in [2.75, 3.05) is 0 Å². The Hall–Kier alpha value is -1.39. The summed E-state index contributed by atoms with van der Waals surface area (Å²) in [7, 11) is -4.18. The third-order valence-corrected chi connectivity index (χ3v) is 4.97. The molecule has 0 atom stereocenters. The minimum Gasteiger partial charge on any atom is -0.282 e. The molecule has 0 aromatic heterocycles. The summed E-state index contributed by atoms with van der Waals surface area (Å²) in [5, 5.41) is 1.98. The fourth-order valence-corrected chi connectivity index (χ4v) is 3.58. The molecule has 0 aliphatic heterocycles. The van der Waals surface area contributed by atoms with Gasteiger partial charge in [-0.15, -0.1) is 0 Å². The van der Waals surface area contributed by atoms with Crippen LogP contribution >= 0.6 is 0 Å². The van der Waals surface area contributed by atoms with Gasteiger partial charge in [0.05, 0.1) is 4.90 Å². The van der Waals surface area contributed by atoms with Crippen LogP contribution in [0.2, 0.25) is 0 Å². The van der Waals surface area contributed by atoms with Gasteiger partial charge in [0.15, 0.2) is 0 Å². The number of rotatable bonds is 7. The predicted molar refractivity (Wildman–Crippen MR) is 91.0 cm³/mol. The Morgan fingerprint density at radius 3 is 2.27 bits per heavy atom. The van der Waals surface area contributed by atoms with Crippen LogP contribution in [0.5, 0.6) is 0 Å². The van der Waals surface area contributed by atoms with Crippen molar-refractivity contribution in [1.82, 2.24) is 0 Å². The lowest BCUT2D eigenvalue weighted by atomic mass is 9.97. The van der Waals surface area contributed by atoms with Crippen LogP contribution in [-0.4, -0.2) is 13.0 Å². The van der Waals surface area contributed by atoms with Crippen molar-refractivity contribution in [3.05, 3.63) is 41.5 Å². The third-order valence-electron chi connectivity index (χ3n) is 4.03. The minimum absolute atomic E-state index is 0.0507. The van der Waals surface area contributed by atoms with E-state index in [4.69, 9.17) is 0 Å². The van der Waals surface area contributed by atoms with Gasteiger partial charge >= 0.3 is 0 Å². The number of fused-ring (bicyclic) bond motifs is 1. The van der Waals surface area contributed by atoms with Gasteiger partial charge in [-0.1, -0.05) is 51.0 Å². The molecule has 22 heavy (non-hydrogen) atoms. The van der Waals surface area contributed by atoms with E-state index < -0.39 is 10.1 Å². The van der Waals surface area contributed by atoms with Crippen molar-refractivity contribution in [2.24, 2.45) is 0 Å². The van der Waals surface area contributed by atoms with Crippen molar-refractivity contribution < 1.29 is 13.0 Å². The second kappa shape index (κ2) is 7.25. The summed E-state index contributed by atoms with van der Waals surface area (Å²) in [5.74, 6) is 0. The van der Waals surface area contributed by atoms with E-state index in [1.54, 1.807) is 6.07 Å². The van der Waals surface area contributed by atoms with Crippen molar-refractivity contribution in [1.29, 1.82) is 0 Å². The zero-order valence-corrected chi connectivity index (χ0v) is 14.1. The summed E-state index contributed by atoms with van der Waals surface area (Å²) in [6, 6.07) is 9.53. The van der Waals surface area contributed by atoms with Gasteiger partial charge in [0.25, 0.3) is 10.1 Å². The highest BCUT2D eigenvalue weighted by Gasteiger charge is 2.17. The fourth-order valence-electron chi connectivity index (χ4n) is 2.81. The predicted octanol–water partition coefficient (Wildman–Crippen LogP) is 4.77. The molecule has 0 aliphatic carbocycles. The van der Waals surface area contributed by atoms with E-state index in [0.717, 1.165) is 48.4 Å². The molecule has 2 aromatic rings. The van der Waals surface area contributed by atoms with Gasteiger partial charge < -0.3 is 0 Å². The molecule has 0 saturated heterocycles. The van der Waals surface area contributed by atoms with Crippen LogP contribution in [0.3, 0.4) is 0 Å². The van der Waals surface area contributed by atoms with Gasteiger partial charge in [0.1, 0.15) is 0 Å². The van der Waals surface area contributed by atoms with E-state index in [0.29, 0.717) is 6.42 Å². The van der Waals surface area contributed by atoms with E-state index >= 15 is 0 Å². The fraction of sp³-hybridized carbons (Fsp3) is 0.444. The van der Waals surface area contributed by atoms with Gasteiger partial charge in [-0.05, 0) is 53.6 Å². The molecule has 2 aromatic carbocycles. The molecule has 3 nitrogen and oxygen atoms in total. The first-order chi connectivity index (χ1) is 10.5. The topological polar surface area (TPSA) is 54.4 Å². The monoisotopic (exact) mass is 320 g/mol. The SMILES string of the molecule is CCCCc1ccc2c(CCCC)c(S(=O)(=O)O)ccc2c1. The number of hydrogen-bond donors (Lipinski definition) is 1. The standard InChI is InChI=1S/C18H24O3S/c1-3-5-7-14-9-11-16-15(13-14)10-12-18(22(19,20)21)17(16)8-6-4-2/h9-13H,3-8H2,1-2H3,(H,19,20,21). The molecule has 0 spiro atoms. The molecule has 0 fully saturated rings. The largest absolute Gasteiger partial charge is 0.294 e. The molecule has 0 amide bonds. The molecule has 1 N–H and O–H groups in total. The van der Waals surface area contributed by atoms with E-state index in [-0.39, 0.29) is 4.90 Å². The Balaban J connectivity index is 2.55. The zero-order valence-electron chi connectivity index (χ0n) is 13.3. The van der Waals surface area contributed by atoms with Gasteiger partial charge in [0, 0.05) is 0 Å². The van der Waals surface area contributed by atoms with Crippen LogP contribution in [0, 0.1) is 0 Å². The summed E-state index contributed by atoms with van der Waals surface area (Å²) < 4.78 is 32.7. The van der Waals surface area contributed by atoms with Gasteiger partial charge in [-0.3, -0.25) is 4.55 Å². The Bertz CT molecular complexity index is 748. The van der Waals surface area contributed by atoms with Crippen molar-refractivity contribution >= 4 is 20.9 Å². The maximum absolute atomic E-state index is 11.6. The summed E-state index contributed by atoms with van der Waals surface area (Å²) in [6.07, 6.45) is 5.89. The molecular weight excluding hydrogens is 296 g/mol. The summed E-state index contributed by atoms with van der Waals surface area (Å²) in [4.78, 5) is 0.0507. The second-order valence-corrected chi connectivity index (χ2v) is 7.17. The van der Waals surface area contributed by atoms with Crippen LogP contribution in [0.4, 0.5) is 0 Å². The lowest BCUT2D eigenvalue weighted by molar-refractivity contribution is 0.482. The van der Waals surface area contributed by atoms with Crippen molar-refractivity contribution in [3.8, 4) is 0 Å². The van der Waals surface area contributed by atoms with Crippen LogP contribution in [-0.2, 0) is 23.0 Å². The smallest absolute Gasteiger partial charge is 0.282 e. The van der Waals surface area contributed by atoms with Gasteiger partial charge in [-0.25, -0.2) is 0 Å². The molecule has 0 saturated carbocycles. The zero-order chi connectivity index (χ0) is 16.2. The molecule has 4 heteroatoms. The molecule has 0 bridgehead atoms. The highest BCUT2D eigenvalue weighted by molar-refractivity contribution is 7.85. The summed E-state index contributed by atoms with van der Waals surface area (Å²) >= 11 is 0. The van der Waals surface area contributed by atoms with E-state index in [2.05, 4.69) is 26.0 Å². The molecule has 0 aliphatic rings. The van der Waals surface area contributed by atoms with Crippen LogP contribution in [0.1, 0.15) is 50.7 Å². The third kappa shape index (κ3) is 3.87. The van der Waals surface area contributed by atoms with Crippen molar-refractivity contribution in [3.63, 3.8) is 0 Å². The van der Waals surface area contributed by atoms with Crippen LogP contribution in [0.15, 0.2) is 35.2 Å². The average Bonchev–Trinajstić information content (AvgIpc) is 2.49. The molecule has 2 rings (SSSR count). The Labute approximate surface area is 133 Å². The number of aryl methyl sites for hydroxylation is 2. The lowest BCUT2D eigenvalue weighted by Crippen LogP contribution is -2.04. The van der Waals surface area contributed by atoms with Gasteiger partial charge in [0.2, 0.25) is 0 Å². The molecular formula is C18H24O3S. The Morgan fingerprint density at radius 2 is 1.64 bits per heavy atom. The van der Waals surface area contributed by atoms with Crippen LogP contribution in [0.25, 0.3) is 10.8 Å². The maximum Gasteiger partial charge on any atom is 0.294 e. The molecule has 0 heterocycles. The van der Waals surface area contributed by atoms with E-state index in [1.807, 2.05) is 6.07 Å². The number of benzene rings is 2. The van der Waals surface area contributed by atoms with E-state index in [1.165, 1.54) is 11.6 Å². The molecule has 0 radical (unpaired) electrons. The first-order valence-electron chi connectivity index (χ1n) is 7.99. The first kappa shape index (κ1) is 17.0. The number of hydrogen-bond acceptors (Lipinski definition) is 2. The normalized spacial score (nSPS) is 12.0. The summed E-state index contributed by atoms with van der Waals surface area (Å²) in [5.41, 5.74) is 2.01. The van der Waals surface area contributed by atoms with Crippen molar-refractivity contribution in [2.45, 2.75) is 57.3 Å². The van der Waals surface area contributed by atoms with E-state index in [9.17, 15) is 13.0 Å².